The number of aromatic amines is 2. The lowest BCUT2D eigenvalue weighted by atomic mass is 10.0. The molecule has 5 heteroatoms. The number of fused-ring (bicyclic) bond motifs is 4. The monoisotopic (exact) mass is 327 g/mol. The maximum atomic E-state index is 11.6. The van der Waals surface area contributed by atoms with Gasteiger partial charge in [0.1, 0.15) is 5.69 Å². The van der Waals surface area contributed by atoms with Gasteiger partial charge in [0, 0.05) is 39.0 Å². The smallest absolute Gasteiger partial charge is 0.354 e. The minimum absolute atomic E-state index is 0.0430. The molecule has 3 heterocycles. The van der Waals surface area contributed by atoms with Crippen LogP contribution in [-0.2, 0) is 0 Å². The fourth-order valence-corrected chi connectivity index (χ4v) is 3.36. The molecule has 0 amide bonds. The predicted octanol–water partition coefficient (Wildman–Crippen LogP) is 4.56. The van der Waals surface area contributed by atoms with Gasteiger partial charge in [0.05, 0.1) is 11.2 Å². The van der Waals surface area contributed by atoms with Crippen LogP contribution in [0, 0.1) is 0 Å². The van der Waals surface area contributed by atoms with Crippen molar-refractivity contribution < 1.29 is 9.90 Å². The summed E-state index contributed by atoms with van der Waals surface area (Å²) < 4.78 is 0. The second-order valence-corrected chi connectivity index (χ2v) is 6.03. The fourth-order valence-electron chi connectivity index (χ4n) is 3.36. The molecule has 5 aromatic rings. The number of aromatic carboxylic acids is 1. The first-order valence-electron chi connectivity index (χ1n) is 7.93. The molecule has 5 rings (SSSR count). The number of hydrogen-bond acceptors (Lipinski definition) is 2. The van der Waals surface area contributed by atoms with Crippen LogP contribution >= 0.6 is 0 Å². The van der Waals surface area contributed by atoms with E-state index in [1.165, 1.54) is 0 Å². The van der Waals surface area contributed by atoms with Gasteiger partial charge >= 0.3 is 5.97 Å². The van der Waals surface area contributed by atoms with E-state index >= 15 is 0 Å². The summed E-state index contributed by atoms with van der Waals surface area (Å²) in [5, 5.41) is 12.4. The van der Waals surface area contributed by atoms with Gasteiger partial charge < -0.3 is 15.1 Å². The van der Waals surface area contributed by atoms with E-state index < -0.39 is 5.97 Å². The van der Waals surface area contributed by atoms with E-state index in [2.05, 4.69) is 15.0 Å². The summed E-state index contributed by atoms with van der Waals surface area (Å²) in [6, 6.07) is 17.4. The van der Waals surface area contributed by atoms with E-state index in [0.717, 1.165) is 38.3 Å². The van der Waals surface area contributed by atoms with Crippen molar-refractivity contribution >= 4 is 38.7 Å². The number of rotatable bonds is 2. The lowest BCUT2D eigenvalue weighted by Gasteiger charge is -2.06. The zero-order valence-corrected chi connectivity index (χ0v) is 13.1. The summed E-state index contributed by atoms with van der Waals surface area (Å²) in [6.45, 7) is 0. The Morgan fingerprint density at radius 3 is 2.72 bits per heavy atom. The minimum Gasteiger partial charge on any atom is -0.477 e. The SMILES string of the molecule is O=C(O)c1cc2c([nH]c3ccccc32)c(-c2ccc3[nH]ccc3c2)n1. The van der Waals surface area contributed by atoms with Gasteiger partial charge in [-0.05, 0) is 30.3 Å². The Labute approximate surface area is 141 Å². The highest BCUT2D eigenvalue weighted by Gasteiger charge is 2.16. The molecule has 5 nitrogen and oxygen atoms in total. The average Bonchev–Trinajstić information content (AvgIpc) is 3.24. The topological polar surface area (TPSA) is 81.8 Å². The molecule has 0 spiro atoms. The van der Waals surface area contributed by atoms with E-state index in [9.17, 15) is 9.90 Å². The molecule has 25 heavy (non-hydrogen) atoms. The quantitative estimate of drug-likeness (QED) is 0.444. The molecule has 0 saturated carbocycles. The van der Waals surface area contributed by atoms with Crippen LogP contribution in [0.2, 0.25) is 0 Å². The third kappa shape index (κ3) is 2.03. The van der Waals surface area contributed by atoms with Crippen molar-refractivity contribution in [3.63, 3.8) is 0 Å². The molecular weight excluding hydrogens is 314 g/mol. The molecule has 0 fully saturated rings. The first kappa shape index (κ1) is 13.8. The predicted molar refractivity (Wildman–Crippen MR) is 97.9 cm³/mol. The number of nitrogens with zero attached hydrogens (tertiary/aromatic N) is 1. The van der Waals surface area contributed by atoms with Crippen LogP contribution in [0.5, 0.6) is 0 Å². The molecule has 0 aliphatic carbocycles. The van der Waals surface area contributed by atoms with Crippen molar-refractivity contribution in [1.82, 2.24) is 15.0 Å². The van der Waals surface area contributed by atoms with Crippen LogP contribution in [0.4, 0.5) is 0 Å². The second-order valence-electron chi connectivity index (χ2n) is 6.03. The molecule has 3 N–H and O–H groups in total. The van der Waals surface area contributed by atoms with Crippen molar-refractivity contribution in [3.05, 3.63) is 66.5 Å². The van der Waals surface area contributed by atoms with Gasteiger partial charge in [-0.3, -0.25) is 0 Å². The Balaban J connectivity index is 1.90. The van der Waals surface area contributed by atoms with E-state index in [1.54, 1.807) is 6.07 Å². The second kappa shape index (κ2) is 4.95. The highest BCUT2D eigenvalue weighted by molar-refractivity contribution is 6.12. The Morgan fingerprint density at radius 2 is 1.84 bits per heavy atom. The summed E-state index contributed by atoms with van der Waals surface area (Å²) in [7, 11) is 0. The number of carboxylic acids is 1. The number of para-hydroxylation sites is 1. The van der Waals surface area contributed by atoms with E-state index in [-0.39, 0.29) is 5.69 Å². The van der Waals surface area contributed by atoms with Crippen LogP contribution in [0.25, 0.3) is 44.0 Å². The number of carboxylic acid groups (broad SMARTS) is 1. The third-order valence-electron chi connectivity index (χ3n) is 4.54. The molecular formula is C20H13N3O2. The summed E-state index contributed by atoms with van der Waals surface area (Å²) in [4.78, 5) is 22.5. The molecule has 0 atom stereocenters. The summed E-state index contributed by atoms with van der Waals surface area (Å²) >= 11 is 0. The van der Waals surface area contributed by atoms with Crippen molar-refractivity contribution in [2.24, 2.45) is 0 Å². The number of aromatic nitrogens is 3. The van der Waals surface area contributed by atoms with Crippen molar-refractivity contribution in [2.75, 3.05) is 0 Å². The maximum Gasteiger partial charge on any atom is 0.354 e. The van der Waals surface area contributed by atoms with Gasteiger partial charge in [-0.15, -0.1) is 0 Å². The molecule has 0 saturated heterocycles. The van der Waals surface area contributed by atoms with Crippen molar-refractivity contribution in [1.29, 1.82) is 0 Å². The van der Waals surface area contributed by atoms with Crippen molar-refractivity contribution in [2.45, 2.75) is 0 Å². The van der Waals surface area contributed by atoms with E-state index in [4.69, 9.17) is 0 Å². The number of nitrogens with one attached hydrogen (secondary N) is 2. The molecule has 2 aromatic carbocycles. The molecule has 0 aliphatic heterocycles. The molecule has 3 aromatic heterocycles. The number of H-pyrrole nitrogens is 2. The highest BCUT2D eigenvalue weighted by atomic mass is 16.4. The van der Waals surface area contributed by atoms with Crippen LogP contribution in [0.3, 0.4) is 0 Å². The van der Waals surface area contributed by atoms with E-state index in [0.29, 0.717) is 5.69 Å². The van der Waals surface area contributed by atoms with Crippen molar-refractivity contribution in [3.8, 4) is 11.3 Å². The molecule has 0 aliphatic rings. The van der Waals surface area contributed by atoms with Gasteiger partial charge in [0.15, 0.2) is 0 Å². The average molecular weight is 327 g/mol. The van der Waals surface area contributed by atoms with Gasteiger partial charge in [0.25, 0.3) is 0 Å². The maximum absolute atomic E-state index is 11.6. The summed E-state index contributed by atoms with van der Waals surface area (Å²) in [6.07, 6.45) is 1.88. The lowest BCUT2D eigenvalue weighted by molar-refractivity contribution is 0.0691. The first-order valence-corrected chi connectivity index (χ1v) is 7.93. The van der Waals surface area contributed by atoms with Crippen LogP contribution in [0.1, 0.15) is 10.5 Å². The summed E-state index contributed by atoms with van der Waals surface area (Å²) in [5.41, 5.74) is 4.42. The number of hydrogen-bond donors (Lipinski definition) is 3. The summed E-state index contributed by atoms with van der Waals surface area (Å²) in [5.74, 6) is -1.03. The van der Waals surface area contributed by atoms with Gasteiger partial charge in [-0.25, -0.2) is 9.78 Å². The standard InChI is InChI=1S/C20H13N3O2/c24-20(25)17-10-14-13-3-1-2-4-16(13)22-19(14)18(23-17)12-5-6-15-11(9-12)7-8-21-15/h1-10,21-22H,(H,24,25). The van der Waals surface area contributed by atoms with Crippen LogP contribution < -0.4 is 0 Å². The van der Waals surface area contributed by atoms with Gasteiger partial charge in [0.2, 0.25) is 0 Å². The van der Waals surface area contributed by atoms with E-state index in [1.807, 2.05) is 54.7 Å². The van der Waals surface area contributed by atoms with Crippen LogP contribution in [-0.4, -0.2) is 26.0 Å². The Hall–Kier alpha value is -3.60. The molecule has 0 unspecified atom stereocenters. The fraction of sp³-hybridized carbons (Fsp3) is 0. The number of carbonyl (C=O) groups is 1. The minimum atomic E-state index is -1.03. The van der Waals surface area contributed by atoms with Gasteiger partial charge in [-0.1, -0.05) is 24.3 Å². The Bertz CT molecular complexity index is 1280. The molecule has 0 bridgehead atoms. The highest BCUT2D eigenvalue weighted by Crippen LogP contribution is 2.33. The molecule has 120 valence electrons. The zero-order valence-electron chi connectivity index (χ0n) is 13.1. The molecule has 0 radical (unpaired) electrons. The lowest BCUT2D eigenvalue weighted by Crippen LogP contribution is -2.01. The Morgan fingerprint density at radius 1 is 0.960 bits per heavy atom. The third-order valence-corrected chi connectivity index (χ3v) is 4.54. The first-order chi connectivity index (χ1) is 12.2. The number of benzene rings is 2. The Kier molecular flexibility index (Phi) is 2.73. The number of pyridine rings is 1. The zero-order chi connectivity index (χ0) is 17.0. The largest absolute Gasteiger partial charge is 0.477 e. The van der Waals surface area contributed by atoms with Gasteiger partial charge in [-0.2, -0.15) is 0 Å². The normalized spacial score (nSPS) is 11.5. The van der Waals surface area contributed by atoms with Crippen LogP contribution in [0.15, 0.2) is 60.8 Å².